The van der Waals surface area contributed by atoms with E-state index in [1.807, 2.05) is 0 Å². The molecule has 0 spiro atoms. The van der Waals surface area contributed by atoms with Crippen LogP contribution in [0.25, 0.3) is 0 Å². The van der Waals surface area contributed by atoms with E-state index in [9.17, 15) is 24.6 Å². The molecule has 0 heterocycles. The summed E-state index contributed by atoms with van der Waals surface area (Å²) in [5.74, 6) is -1.33. The fraction of sp³-hybridized carbons (Fsp3) is 0.333. The summed E-state index contributed by atoms with van der Waals surface area (Å²) >= 11 is 0. The highest BCUT2D eigenvalue weighted by Crippen LogP contribution is 2.26. The minimum absolute atomic E-state index is 0.101. The van der Waals surface area contributed by atoms with E-state index in [2.05, 4.69) is 0 Å². The van der Waals surface area contributed by atoms with Gasteiger partial charge in [-0.05, 0) is 12.5 Å². The first kappa shape index (κ1) is 9.30. The van der Waals surface area contributed by atoms with Crippen molar-refractivity contribution in [2.24, 2.45) is 0 Å². The van der Waals surface area contributed by atoms with Crippen LogP contribution in [-0.4, -0.2) is 9.85 Å². The van der Waals surface area contributed by atoms with Crippen LogP contribution in [0.3, 0.4) is 0 Å². The largest absolute Gasteiger partial charge is 0.307 e. The minimum atomic E-state index is -1.33. The third-order valence-electron chi connectivity index (χ3n) is 1.61. The predicted molar refractivity (Wildman–Crippen MR) is 39.4 cm³/mol. The molecule has 0 atom stereocenters. The normalized spacial score (nSPS) is 16.8. The van der Waals surface area contributed by atoms with E-state index in [-0.39, 0.29) is 12.8 Å². The molecular weight excluding hydrogens is 183 g/mol. The van der Waals surface area contributed by atoms with Crippen molar-refractivity contribution in [3.05, 3.63) is 43.5 Å². The van der Waals surface area contributed by atoms with Crippen LogP contribution >= 0.6 is 0 Å². The highest BCUT2D eigenvalue weighted by Gasteiger charge is 2.32. The molecule has 0 aromatic carbocycles. The first-order valence-corrected chi connectivity index (χ1v) is 3.42. The van der Waals surface area contributed by atoms with Gasteiger partial charge in [-0.15, -0.1) is 0 Å². The summed E-state index contributed by atoms with van der Waals surface area (Å²) in [7, 11) is 0. The third kappa shape index (κ3) is 1.68. The number of nitrogens with zero attached hydrogens (tertiary/aromatic N) is 2. The highest BCUT2D eigenvalue weighted by molar-refractivity contribution is 5.25. The van der Waals surface area contributed by atoms with Crippen molar-refractivity contribution < 1.29 is 14.2 Å². The topological polar surface area (TPSA) is 86.3 Å². The Morgan fingerprint density at radius 2 is 1.92 bits per heavy atom. The Labute approximate surface area is 71.7 Å². The quantitative estimate of drug-likeness (QED) is 0.484. The molecule has 7 heteroatoms. The summed E-state index contributed by atoms with van der Waals surface area (Å²) in [5.41, 5.74) is -1.52. The van der Waals surface area contributed by atoms with E-state index in [0.717, 1.165) is 6.08 Å². The molecule has 0 aliphatic heterocycles. The number of halogens is 1. The zero-order chi connectivity index (χ0) is 10.0. The number of allylic oxidation sites excluding steroid dienone is 3. The molecule has 0 bridgehead atoms. The standard InChI is InChI=1S/C6H5FN2O4/c7-6-4(8(10)11)2-1-3-5(6)9(12)13/h2H,1,3H2. The molecule has 0 aromatic rings. The Morgan fingerprint density at radius 3 is 2.38 bits per heavy atom. The van der Waals surface area contributed by atoms with Crippen LogP contribution in [0.5, 0.6) is 0 Å². The monoisotopic (exact) mass is 188 g/mol. The molecule has 70 valence electrons. The average Bonchev–Trinajstić information content (AvgIpc) is 2.03. The van der Waals surface area contributed by atoms with Crippen molar-refractivity contribution in [2.45, 2.75) is 12.8 Å². The zero-order valence-electron chi connectivity index (χ0n) is 6.40. The van der Waals surface area contributed by atoms with Crippen LogP contribution in [0, 0.1) is 20.2 Å². The van der Waals surface area contributed by atoms with Crippen LogP contribution in [0.2, 0.25) is 0 Å². The third-order valence-corrected chi connectivity index (χ3v) is 1.61. The summed E-state index contributed by atoms with van der Waals surface area (Å²) in [6, 6.07) is 0. The zero-order valence-corrected chi connectivity index (χ0v) is 6.40. The van der Waals surface area contributed by atoms with Crippen molar-refractivity contribution in [1.29, 1.82) is 0 Å². The van der Waals surface area contributed by atoms with E-state index in [1.165, 1.54) is 0 Å². The van der Waals surface area contributed by atoms with Gasteiger partial charge in [0, 0.05) is 6.42 Å². The van der Waals surface area contributed by atoms with Crippen LogP contribution in [0.15, 0.2) is 23.3 Å². The molecule has 0 radical (unpaired) electrons. The Balaban J connectivity index is 3.10. The fourth-order valence-electron chi connectivity index (χ4n) is 1.02. The lowest BCUT2D eigenvalue weighted by atomic mass is 10.1. The van der Waals surface area contributed by atoms with E-state index in [1.54, 1.807) is 0 Å². The second kappa shape index (κ2) is 3.30. The van der Waals surface area contributed by atoms with E-state index in [0.29, 0.717) is 0 Å². The summed E-state index contributed by atoms with van der Waals surface area (Å²) in [4.78, 5) is 18.5. The van der Waals surface area contributed by atoms with Gasteiger partial charge in [0.2, 0.25) is 0 Å². The number of nitro groups is 2. The second-order valence-corrected chi connectivity index (χ2v) is 2.40. The molecule has 0 unspecified atom stereocenters. The first-order valence-electron chi connectivity index (χ1n) is 3.42. The van der Waals surface area contributed by atoms with Crippen LogP contribution in [0.1, 0.15) is 12.8 Å². The first-order chi connectivity index (χ1) is 6.04. The SMILES string of the molecule is O=[N+]([O-])C1=CCCC([N+](=O)[O-])=C1F. The van der Waals surface area contributed by atoms with Gasteiger partial charge < -0.3 is 0 Å². The molecule has 0 saturated heterocycles. The van der Waals surface area contributed by atoms with E-state index >= 15 is 0 Å². The van der Waals surface area contributed by atoms with Crippen LogP contribution in [-0.2, 0) is 0 Å². The van der Waals surface area contributed by atoms with Gasteiger partial charge in [-0.1, -0.05) is 0 Å². The molecule has 0 amide bonds. The highest BCUT2D eigenvalue weighted by atomic mass is 19.1. The van der Waals surface area contributed by atoms with Gasteiger partial charge in [-0.25, -0.2) is 0 Å². The maximum absolute atomic E-state index is 12.9. The molecule has 1 rings (SSSR count). The van der Waals surface area contributed by atoms with Gasteiger partial charge in [0.1, 0.15) is 0 Å². The Kier molecular flexibility index (Phi) is 2.36. The van der Waals surface area contributed by atoms with Crippen molar-refractivity contribution in [3.63, 3.8) is 0 Å². The summed E-state index contributed by atoms with van der Waals surface area (Å²) in [5, 5.41) is 20.4. The van der Waals surface area contributed by atoms with Crippen molar-refractivity contribution in [1.82, 2.24) is 0 Å². The number of hydrogen-bond donors (Lipinski definition) is 0. The smallest absolute Gasteiger partial charge is 0.259 e. The maximum Gasteiger partial charge on any atom is 0.307 e. The fourth-order valence-corrected chi connectivity index (χ4v) is 1.02. The van der Waals surface area contributed by atoms with Crippen molar-refractivity contribution in [3.8, 4) is 0 Å². The van der Waals surface area contributed by atoms with Gasteiger partial charge in [-0.3, -0.25) is 20.2 Å². The summed E-state index contributed by atoms with van der Waals surface area (Å²) < 4.78 is 12.9. The van der Waals surface area contributed by atoms with Crippen LogP contribution in [0.4, 0.5) is 4.39 Å². The predicted octanol–water partition coefficient (Wildman–Crippen LogP) is 1.40. The molecule has 0 aromatic heterocycles. The molecule has 1 aliphatic rings. The average molecular weight is 188 g/mol. The van der Waals surface area contributed by atoms with Gasteiger partial charge in [-0.2, -0.15) is 4.39 Å². The lowest BCUT2D eigenvalue weighted by Crippen LogP contribution is -2.11. The molecule has 6 nitrogen and oxygen atoms in total. The summed E-state index contributed by atoms with van der Waals surface area (Å²) in [6.07, 6.45) is 1.07. The van der Waals surface area contributed by atoms with E-state index in [4.69, 9.17) is 0 Å². The lowest BCUT2D eigenvalue weighted by molar-refractivity contribution is -0.443. The van der Waals surface area contributed by atoms with Crippen LogP contribution < -0.4 is 0 Å². The van der Waals surface area contributed by atoms with E-state index < -0.39 is 27.1 Å². The van der Waals surface area contributed by atoms with Gasteiger partial charge in [0.15, 0.2) is 0 Å². The minimum Gasteiger partial charge on any atom is -0.259 e. The maximum atomic E-state index is 12.9. The van der Waals surface area contributed by atoms with Crippen molar-refractivity contribution in [2.75, 3.05) is 0 Å². The van der Waals surface area contributed by atoms with Gasteiger partial charge in [0.25, 0.3) is 11.5 Å². The molecule has 0 fully saturated rings. The second-order valence-electron chi connectivity index (χ2n) is 2.40. The summed E-state index contributed by atoms with van der Waals surface area (Å²) in [6.45, 7) is 0. The Morgan fingerprint density at radius 1 is 1.31 bits per heavy atom. The molecule has 0 saturated carbocycles. The Bertz CT molecular complexity index is 334. The molecule has 1 aliphatic carbocycles. The molecular formula is C6H5FN2O4. The Hall–Kier alpha value is -1.79. The van der Waals surface area contributed by atoms with Gasteiger partial charge in [0.05, 0.1) is 9.85 Å². The molecule has 0 N–H and O–H groups in total. The van der Waals surface area contributed by atoms with Crippen molar-refractivity contribution >= 4 is 0 Å². The lowest BCUT2D eigenvalue weighted by Gasteiger charge is -2.03. The molecule has 13 heavy (non-hydrogen) atoms. The van der Waals surface area contributed by atoms with Gasteiger partial charge >= 0.3 is 5.70 Å². The number of hydrogen-bond acceptors (Lipinski definition) is 4. The number of rotatable bonds is 2.